The standard InChI is InChI=1S/C24H18Cl2N4O2S/c1-15-6-10-18(11-7-15)30-23(32)19-4-2-3-5-21(19)28-24(30)33-14-22(31)29-27-13-16-8-9-17(25)12-20(16)26/h2-13H,14H2,1H3,(H,29,31). The molecule has 1 N–H and O–H groups in total. The van der Waals surface area contributed by atoms with Crippen molar-refractivity contribution in [3.8, 4) is 5.69 Å². The number of hydrogen-bond donors (Lipinski definition) is 1. The molecule has 33 heavy (non-hydrogen) atoms. The van der Waals surface area contributed by atoms with Gasteiger partial charge in [-0.1, -0.05) is 70.9 Å². The van der Waals surface area contributed by atoms with E-state index in [-0.39, 0.29) is 17.2 Å². The third kappa shape index (κ3) is 5.45. The number of rotatable bonds is 6. The first-order valence-electron chi connectivity index (χ1n) is 9.91. The van der Waals surface area contributed by atoms with Gasteiger partial charge in [0, 0.05) is 10.6 Å². The van der Waals surface area contributed by atoms with E-state index in [0.29, 0.717) is 37.4 Å². The minimum Gasteiger partial charge on any atom is -0.272 e. The molecule has 166 valence electrons. The van der Waals surface area contributed by atoms with E-state index in [1.54, 1.807) is 36.4 Å². The molecule has 6 nitrogen and oxygen atoms in total. The Bertz CT molecular complexity index is 1420. The molecule has 0 unspecified atom stereocenters. The minimum atomic E-state index is -0.348. The van der Waals surface area contributed by atoms with Crippen molar-refractivity contribution in [3.63, 3.8) is 0 Å². The zero-order valence-corrected chi connectivity index (χ0v) is 19.8. The second-order valence-electron chi connectivity index (χ2n) is 7.14. The molecule has 4 rings (SSSR count). The maximum Gasteiger partial charge on any atom is 0.266 e. The Morgan fingerprint density at radius 2 is 1.88 bits per heavy atom. The fourth-order valence-electron chi connectivity index (χ4n) is 3.07. The summed E-state index contributed by atoms with van der Waals surface area (Å²) in [6, 6.07) is 19.7. The molecule has 9 heteroatoms. The van der Waals surface area contributed by atoms with Gasteiger partial charge in [0.1, 0.15) is 0 Å². The average Bonchev–Trinajstić information content (AvgIpc) is 2.80. The maximum absolute atomic E-state index is 13.2. The van der Waals surface area contributed by atoms with Crippen LogP contribution in [0.3, 0.4) is 0 Å². The number of para-hydroxylation sites is 1. The Kier molecular flexibility index (Phi) is 7.13. The van der Waals surface area contributed by atoms with E-state index >= 15 is 0 Å². The third-order valence-corrected chi connectivity index (χ3v) is 6.23. The van der Waals surface area contributed by atoms with Crippen molar-refractivity contribution in [2.24, 2.45) is 5.10 Å². The van der Waals surface area contributed by atoms with Gasteiger partial charge in [0.05, 0.1) is 33.6 Å². The number of hydrogen-bond acceptors (Lipinski definition) is 5. The number of aromatic nitrogens is 2. The van der Waals surface area contributed by atoms with Crippen LogP contribution in [0.2, 0.25) is 10.0 Å². The highest BCUT2D eigenvalue weighted by molar-refractivity contribution is 7.99. The van der Waals surface area contributed by atoms with E-state index in [1.807, 2.05) is 37.3 Å². The van der Waals surface area contributed by atoms with E-state index in [1.165, 1.54) is 10.8 Å². The van der Waals surface area contributed by atoms with Gasteiger partial charge in [-0.15, -0.1) is 0 Å². The van der Waals surface area contributed by atoms with Gasteiger partial charge in [-0.2, -0.15) is 5.10 Å². The van der Waals surface area contributed by atoms with Crippen LogP contribution >= 0.6 is 35.0 Å². The summed E-state index contributed by atoms with van der Waals surface area (Å²) in [5.41, 5.74) is 5.23. The van der Waals surface area contributed by atoms with E-state index in [2.05, 4.69) is 15.5 Å². The van der Waals surface area contributed by atoms with Crippen molar-refractivity contribution in [2.75, 3.05) is 5.75 Å². The van der Waals surface area contributed by atoms with E-state index < -0.39 is 0 Å². The maximum atomic E-state index is 13.2. The van der Waals surface area contributed by atoms with Gasteiger partial charge in [-0.05, 0) is 43.3 Å². The number of amides is 1. The molecule has 1 heterocycles. The summed E-state index contributed by atoms with van der Waals surface area (Å²) in [4.78, 5) is 30.2. The molecule has 0 radical (unpaired) electrons. The molecule has 0 saturated heterocycles. The van der Waals surface area contributed by atoms with Crippen LogP contribution in [0.1, 0.15) is 11.1 Å². The molecule has 0 atom stereocenters. The monoisotopic (exact) mass is 496 g/mol. The van der Waals surface area contributed by atoms with E-state index in [4.69, 9.17) is 23.2 Å². The van der Waals surface area contributed by atoms with Gasteiger partial charge in [-0.3, -0.25) is 14.2 Å². The number of benzene rings is 3. The number of thioether (sulfide) groups is 1. The Morgan fingerprint density at radius 1 is 1.12 bits per heavy atom. The van der Waals surface area contributed by atoms with E-state index in [0.717, 1.165) is 17.3 Å². The zero-order valence-electron chi connectivity index (χ0n) is 17.5. The quantitative estimate of drug-likeness (QED) is 0.171. The van der Waals surface area contributed by atoms with Crippen LogP contribution in [0.15, 0.2) is 81.8 Å². The van der Waals surface area contributed by atoms with Crippen LogP contribution in [0.4, 0.5) is 0 Å². The van der Waals surface area contributed by atoms with Crippen molar-refractivity contribution in [1.29, 1.82) is 0 Å². The number of fused-ring (bicyclic) bond motifs is 1. The average molecular weight is 497 g/mol. The van der Waals surface area contributed by atoms with Crippen molar-refractivity contribution in [3.05, 3.63) is 98.3 Å². The summed E-state index contributed by atoms with van der Waals surface area (Å²) in [5, 5.41) is 5.82. The first-order valence-corrected chi connectivity index (χ1v) is 11.6. The normalized spacial score (nSPS) is 11.2. The summed E-state index contributed by atoms with van der Waals surface area (Å²) >= 11 is 13.1. The largest absolute Gasteiger partial charge is 0.272 e. The number of carbonyl (C=O) groups is 1. The lowest BCUT2D eigenvalue weighted by atomic mass is 10.2. The lowest BCUT2D eigenvalue weighted by molar-refractivity contribution is -0.118. The lowest BCUT2D eigenvalue weighted by Crippen LogP contribution is -2.24. The molecule has 0 aliphatic heterocycles. The third-order valence-electron chi connectivity index (χ3n) is 4.72. The molecular formula is C24H18Cl2N4O2S. The van der Waals surface area contributed by atoms with Gasteiger partial charge in [0.2, 0.25) is 0 Å². The second-order valence-corrected chi connectivity index (χ2v) is 8.92. The first-order chi connectivity index (χ1) is 15.9. The molecular weight excluding hydrogens is 479 g/mol. The summed E-state index contributed by atoms with van der Waals surface area (Å²) < 4.78 is 1.52. The van der Waals surface area contributed by atoms with Gasteiger partial charge >= 0.3 is 0 Å². The number of carbonyl (C=O) groups excluding carboxylic acids is 1. The van der Waals surface area contributed by atoms with E-state index in [9.17, 15) is 9.59 Å². The van der Waals surface area contributed by atoms with Gasteiger partial charge in [0.15, 0.2) is 5.16 Å². The summed E-state index contributed by atoms with van der Waals surface area (Å²) in [5.74, 6) is -0.332. The summed E-state index contributed by atoms with van der Waals surface area (Å²) in [7, 11) is 0. The fraction of sp³-hybridized carbons (Fsp3) is 0.0833. The molecule has 0 aliphatic rings. The summed E-state index contributed by atoms with van der Waals surface area (Å²) in [6.45, 7) is 1.98. The summed E-state index contributed by atoms with van der Waals surface area (Å²) in [6.07, 6.45) is 1.44. The number of nitrogens with one attached hydrogen (secondary N) is 1. The second kappa shape index (κ2) is 10.2. The predicted octanol–water partition coefficient (Wildman–Crippen LogP) is 5.24. The SMILES string of the molecule is Cc1ccc(-n2c(SCC(=O)NN=Cc3ccc(Cl)cc3Cl)nc3ccccc3c2=O)cc1. The van der Waals surface area contributed by atoms with Crippen molar-refractivity contribution in [2.45, 2.75) is 12.1 Å². The minimum absolute atomic E-state index is 0.0162. The van der Waals surface area contributed by atoms with Gasteiger partial charge in [0.25, 0.3) is 11.5 Å². The first kappa shape index (κ1) is 23.0. The Labute approximate surface area is 204 Å². The van der Waals surface area contributed by atoms with Crippen molar-refractivity contribution in [1.82, 2.24) is 15.0 Å². The van der Waals surface area contributed by atoms with Crippen LogP contribution < -0.4 is 11.0 Å². The molecule has 0 fully saturated rings. The highest BCUT2D eigenvalue weighted by atomic mass is 35.5. The van der Waals surface area contributed by atoms with Gasteiger partial charge in [-0.25, -0.2) is 10.4 Å². The van der Waals surface area contributed by atoms with Crippen molar-refractivity contribution >= 4 is 58.0 Å². The van der Waals surface area contributed by atoms with Crippen LogP contribution in [0.5, 0.6) is 0 Å². The smallest absolute Gasteiger partial charge is 0.266 e. The number of nitrogens with zero attached hydrogens (tertiary/aromatic N) is 3. The highest BCUT2D eigenvalue weighted by Crippen LogP contribution is 2.22. The number of hydrazone groups is 1. The molecule has 0 saturated carbocycles. The van der Waals surface area contributed by atoms with Gasteiger partial charge < -0.3 is 0 Å². The van der Waals surface area contributed by atoms with Crippen LogP contribution in [0.25, 0.3) is 16.6 Å². The topological polar surface area (TPSA) is 76.3 Å². The highest BCUT2D eigenvalue weighted by Gasteiger charge is 2.14. The van der Waals surface area contributed by atoms with Crippen LogP contribution in [-0.4, -0.2) is 27.4 Å². The molecule has 4 aromatic rings. The molecule has 3 aromatic carbocycles. The Morgan fingerprint density at radius 3 is 2.64 bits per heavy atom. The molecule has 0 bridgehead atoms. The Balaban J connectivity index is 1.55. The molecule has 0 aliphatic carbocycles. The molecule has 0 spiro atoms. The van der Waals surface area contributed by atoms with Crippen LogP contribution in [0, 0.1) is 6.92 Å². The number of aryl methyl sites for hydroxylation is 1. The van der Waals surface area contributed by atoms with Crippen molar-refractivity contribution < 1.29 is 4.79 Å². The predicted molar refractivity (Wildman–Crippen MR) is 135 cm³/mol. The number of halogens is 2. The Hall–Kier alpha value is -3.13. The molecule has 1 aromatic heterocycles. The van der Waals surface area contributed by atoms with Crippen LogP contribution in [-0.2, 0) is 4.79 Å². The zero-order chi connectivity index (χ0) is 23.4. The molecule has 1 amide bonds. The lowest BCUT2D eigenvalue weighted by Gasteiger charge is -2.13. The fourth-order valence-corrected chi connectivity index (χ4v) is 4.34.